The fraction of sp³-hybridized carbons (Fsp3) is 0.481. The molecular formula is C27H32O5. The molecule has 0 heterocycles. The monoisotopic (exact) mass is 436 g/mol. The number of hydrogen-bond acceptors (Lipinski definition) is 5. The first-order valence-corrected chi connectivity index (χ1v) is 11.4. The molecule has 5 nitrogen and oxygen atoms in total. The molecule has 3 aliphatic carbocycles. The summed E-state index contributed by atoms with van der Waals surface area (Å²) in [4.78, 5) is 25.7. The van der Waals surface area contributed by atoms with Gasteiger partial charge in [0.25, 0.3) is 0 Å². The van der Waals surface area contributed by atoms with Gasteiger partial charge >= 0.3 is 5.97 Å². The molecule has 0 aromatic heterocycles. The Morgan fingerprint density at radius 1 is 1.16 bits per heavy atom. The third-order valence-electron chi connectivity index (χ3n) is 8.12. The van der Waals surface area contributed by atoms with E-state index in [1.54, 1.807) is 6.07 Å². The summed E-state index contributed by atoms with van der Waals surface area (Å²) in [6, 6.07) is 4.25. The van der Waals surface area contributed by atoms with Crippen LogP contribution in [0, 0.1) is 28.6 Å². The van der Waals surface area contributed by atoms with Gasteiger partial charge in [0.2, 0.25) is 0 Å². The lowest BCUT2D eigenvalue weighted by Gasteiger charge is -2.59. The van der Waals surface area contributed by atoms with E-state index >= 15 is 0 Å². The first-order chi connectivity index (χ1) is 15.0. The quantitative estimate of drug-likeness (QED) is 0.369. The number of aromatic hydroxyl groups is 2. The van der Waals surface area contributed by atoms with Crippen LogP contribution in [0.3, 0.4) is 0 Å². The number of ether oxygens (including phenoxy) is 1. The molecule has 0 bridgehead atoms. The Hall–Kier alpha value is -2.82. The van der Waals surface area contributed by atoms with Crippen LogP contribution in [-0.4, -0.2) is 22.0 Å². The molecule has 0 unspecified atom stereocenters. The largest absolute Gasteiger partial charge is 0.504 e. The van der Waals surface area contributed by atoms with E-state index in [1.807, 2.05) is 0 Å². The number of esters is 1. The highest BCUT2D eigenvalue weighted by atomic mass is 16.5. The molecule has 3 aliphatic rings. The highest BCUT2D eigenvalue weighted by Crippen LogP contribution is 2.63. The van der Waals surface area contributed by atoms with Crippen molar-refractivity contribution in [1.82, 2.24) is 0 Å². The van der Waals surface area contributed by atoms with Gasteiger partial charge in [0.15, 0.2) is 17.3 Å². The topological polar surface area (TPSA) is 83.8 Å². The number of fused-ring (bicyclic) bond motifs is 3. The second kappa shape index (κ2) is 7.95. The van der Waals surface area contributed by atoms with Crippen molar-refractivity contribution in [3.05, 3.63) is 53.8 Å². The molecule has 1 aromatic rings. The van der Waals surface area contributed by atoms with Crippen molar-refractivity contribution in [1.29, 1.82) is 0 Å². The molecule has 0 radical (unpaired) electrons. The minimum absolute atomic E-state index is 0.00322. The van der Waals surface area contributed by atoms with Crippen LogP contribution in [-0.2, 0) is 14.3 Å². The summed E-state index contributed by atoms with van der Waals surface area (Å²) < 4.78 is 5.51. The second-order valence-corrected chi connectivity index (χ2v) is 10.5. The molecule has 0 amide bonds. The fourth-order valence-corrected chi connectivity index (χ4v) is 6.67. The molecule has 0 saturated heterocycles. The Bertz CT molecular complexity index is 1030. The summed E-state index contributed by atoms with van der Waals surface area (Å²) in [5.74, 6) is -0.408. The van der Waals surface area contributed by atoms with Gasteiger partial charge in [0.05, 0.1) is 0 Å². The lowest BCUT2D eigenvalue weighted by atomic mass is 9.44. The third-order valence-corrected chi connectivity index (χ3v) is 8.12. The van der Waals surface area contributed by atoms with Crippen LogP contribution < -0.4 is 0 Å². The molecule has 32 heavy (non-hydrogen) atoms. The standard InChI is InChI=1S/C27H32O5/c1-16-18-8-10-23-26(2,3)12-5-13-27(23,4)25(18)21(30)15-22(16)32-24(31)11-7-17-6-9-19(28)20(29)14-17/h6-7,9,11,14-15,18,23,25,28-29H,1,5,8,10,12-13H2,2-4H3/b11-7+/t18-,23-,25+,27-/m0/s1. The molecule has 4 rings (SSSR count). The fourth-order valence-electron chi connectivity index (χ4n) is 6.67. The summed E-state index contributed by atoms with van der Waals surface area (Å²) in [6.45, 7) is 11.2. The van der Waals surface area contributed by atoms with E-state index in [0.717, 1.165) is 31.3 Å². The zero-order valence-corrected chi connectivity index (χ0v) is 19.1. The normalized spacial score (nSPS) is 31.6. The predicted octanol–water partition coefficient (Wildman–Crippen LogP) is 5.54. The number of allylic oxidation sites excluding steroid dienone is 2. The maximum absolute atomic E-state index is 13.3. The van der Waals surface area contributed by atoms with Crippen LogP contribution in [0.2, 0.25) is 0 Å². The summed E-state index contributed by atoms with van der Waals surface area (Å²) in [6.07, 6.45) is 9.50. The van der Waals surface area contributed by atoms with E-state index < -0.39 is 5.97 Å². The van der Waals surface area contributed by atoms with Crippen molar-refractivity contribution in [2.24, 2.45) is 28.6 Å². The maximum Gasteiger partial charge on any atom is 0.336 e. The molecule has 0 spiro atoms. The van der Waals surface area contributed by atoms with Crippen LogP contribution in [0.1, 0.15) is 58.4 Å². The second-order valence-electron chi connectivity index (χ2n) is 10.5. The number of hydrogen-bond donors (Lipinski definition) is 2. The molecule has 4 atom stereocenters. The Labute approximate surface area is 189 Å². The van der Waals surface area contributed by atoms with Gasteiger partial charge in [0.1, 0.15) is 5.76 Å². The zero-order chi connectivity index (χ0) is 23.3. The van der Waals surface area contributed by atoms with Crippen molar-refractivity contribution in [2.45, 2.75) is 52.9 Å². The predicted molar refractivity (Wildman–Crippen MR) is 123 cm³/mol. The van der Waals surface area contributed by atoms with E-state index in [0.29, 0.717) is 11.5 Å². The van der Waals surface area contributed by atoms with E-state index in [1.165, 1.54) is 36.8 Å². The summed E-state index contributed by atoms with van der Waals surface area (Å²) >= 11 is 0. The molecule has 2 fully saturated rings. The number of rotatable bonds is 3. The number of phenols is 2. The SMILES string of the molecule is C=C1C(OC(=O)/C=C/c2ccc(O)c(O)c2)=CC(=O)[C@H]2[C@H]1CC[C@H]1C(C)(C)CCC[C@]21C. The molecule has 5 heteroatoms. The minimum atomic E-state index is -0.616. The molecular weight excluding hydrogens is 404 g/mol. The average molecular weight is 437 g/mol. The van der Waals surface area contributed by atoms with Gasteiger partial charge < -0.3 is 14.9 Å². The Morgan fingerprint density at radius 3 is 2.62 bits per heavy atom. The lowest BCUT2D eigenvalue weighted by Crippen LogP contribution is -2.55. The zero-order valence-electron chi connectivity index (χ0n) is 19.1. The smallest absolute Gasteiger partial charge is 0.336 e. The van der Waals surface area contributed by atoms with Crippen molar-refractivity contribution in [3.8, 4) is 11.5 Å². The Morgan fingerprint density at radius 2 is 1.91 bits per heavy atom. The number of phenolic OH excluding ortho intramolecular Hbond substituents is 2. The van der Waals surface area contributed by atoms with Gasteiger partial charge in [-0.05, 0) is 77.7 Å². The molecule has 2 N–H and O–H groups in total. The summed E-state index contributed by atoms with van der Waals surface area (Å²) in [5.41, 5.74) is 1.44. The van der Waals surface area contributed by atoms with Gasteiger partial charge in [-0.25, -0.2) is 4.79 Å². The van der Waals surface area contributed by atoms with Crippen molar-refractivity contribution >= 4 is 17.8 Å². The van der Waals surface area contributed by atoms with Gasteiger partial charge in [-0.15, -0.1) is 0 Å². The number of carbonyl (C=O) groups is 2. The maximum atomic E-state index is 13.3. The van der Waals surface area contributed by atoms with E-state index in [-0.39, 0.29) is 45.7 Å². The van der Waals surface area contributed by atoms with Gasteiger partial charge in [-0.2, -0.15) is 0 Å². The summed E-state index contributed by atoms with van der Waals surface area (Å²) in [7, 11) is 0. The van der Waals surface area contributed by atoms with Gasteiger partial charge in [-0.3, -0.25) is 4.79 Å². The van der Waals surface area contributed by atoms with Crippen molar-refractivity contribution in [2.75, 3.05) is 0 Å². The minimum Gasteiger partial charge on any atom is -0.504 e. The van der Waals surface area contributed by atoms with Crippen molar-refractivity contribution in [3.63, 3.8) is 0 Å². The first kappa shape index (κ1) is 22.4. The average Bonchev–Trinajstić information content (AvgIpc) is 2.71. The number of carbonyl (C=O) groups excluding carboxylic acids is 2. The van der Waals surface area contributed by atoms with Crippen LogP contribution in [0.4, 0.5) is 0 Å². The molecule has 2 saturated carbocycles. The van der Waals surface area contributed by atoms with Crippen LogP contribution in [0.25, 0.3) is 6.08 Å². The first-order valence-electron chi connectivity index (χ1n) is 11.4. The Kier molecular flexibility index (Phi) is 5.56. The number of benzene rings is 1. The van der Waals surface area contributed by atoms with E-state index in [4.69, 9.17) is 4.74 Å². The van der Waals surface area contributed by atoms with E-state index in [2.05, 4.69) is 27.4 Å². The van der Waals surface area contributed by atoms with Crippen LogP contribution in [0.5, 0.6) is 11.5 Å². The highest BCUT2D eigenvalue weighted by molar-refractivity contribution is 5.97. The summed E-state index contributed by atoms with van der Waals surface area (Å²) in [5, 5.41) is 19.0. The van der Waals surface area contributed by atoms with E-state index in [9.17, 15) is 19.8 Å². The molecule has 0 aliphatic heterocycles. The lowest BCUT2D eigenvalue weighted by molar-refractivity contribution is -0.141. The van der Waals surface area contributed by atoms with Gasteiger partial charge in [0, 0.05) is 18.1 Å². The van der Waals surface area contributed by atoms with Gasteiger partial charge in [-0.1, -0.05) is 39.8 Å². The Balaban J connectivity index is 1.53. The highest BCUT2D eigenvalue weighted by Gasteiger charge is 2.58. The third kappa shape index (κ3) is 3.78. The van der Waals surface area contributed by atoms with Crippen LogP contribution in [0.15, 0.2) is 48.3 Å². The number of ketones is 1. The van der Waals surface area contributed by atoms with Crippen LogP contribution >= 0.6 is 0 Å². The molecule has 1 aromatic carbocycles. The van der Waals surface area contributed by atoms with Crippen molar-refractivity contribution < 1.29 is 24.5 Å². The molecule has 170 valence electrons.